The van der Waals surface area contributed by atoms with Crippen molar-refractivity contribution in [1.29, 1.82) is 0 Å². The smallest absolute Gasteiger partial charge is 0.194 e. The molecule has 0 fully saturated rings. The zero-order valence-corrected chi connectivity index (χ0v) is 14.8. The second-order valence-corrected chi connectivity index (χ2v) is 7.01. The van der Waals surface area contributed by atoms with Crippen LogP contribution < -0.4 is 5.32 Å². The van der Waals surface area contributed by atoms with Crippen LogP contribution in [0.2, 0.25) is 0 Å². The summed E-state index contributed by atoms with van der Waals surface area (Å²) < 4.78 is 22.4. The molecule has 0 unspecified atom stereocenters. The first-order chi connectivity index (χ1) is 8.94. The van der Waals surface area contributed by atoms with Gasteiger partial charge in [-0.25, -0.2) is 8.42 Å². The van der Waals surface area contributed by atoms with E-state index in [4.69, 9.17) is 0 Å². The van der Waals surface area contributed by atoms with E-state index in [1.165, 1.54) is 6.26 Å². The minimum absolute atomic E-state index is 0. The zero-order valence-electron chi connectivity index (χ0n) is 11.7. The quantitative estimate of drug-likeness (QED) is 0.761. The number of guanidine groups is 1. The summed E-state index contributed by atoms with van der Waals surface area (Å²) in [6.07, 6.45) is 1.25. The molecule has 0 radical (unpaired) electrons. The monoisotopic (exact) mass is 409 g/mol. The fourth-order valence-electron chi connectivity index (χ4n) is 1.96. The van der Waals surface area contributed by atoms with Crippen molar-refractivity contribution in [1.82, 2.24) is 10.2 Å². The Morgan fingerprint density at radius 1 is 1.25 bits per heavy atom. The van der Waals surface area contributed by atoms with E-state index in [1.807, 2.05) is 31.3 Å². The fourth-order valence-corrected chi connectivity index (χ4v) is 2.76. The van der Waals surface area contributed by atoms with Gasteiger partial charge < -0.3 is 10.2 Å². The molecule has 1 aromatic carbocycles. The van der Waals surface area contributed by atoms with Crippen molar-refractivity contribution in [3.8, 4) is 0 Å². The summed E-state index contributed by atoms with van der Waals surface area (Å²) in [5.41, 5.74) is 1.93. The number of halogens is 1. The van der Waals surface area contributed by atoms with E-state index in [1.54, 1.807) is 0 Å². The Bertz CT molecular complexity index is 570. The topological polar surface area (TPSA) is 61.8 Å². The van der Waals surface area contributed by atoms with Crippen LogP contribution in [-0.4, -0.2) is 45.7 Å². The van der Waals surface area contributed by atoms with E-state index in [2.05, 4.69) is 15.2 Å². The number of likely N-dealkylation sites (N-methyl/N-ethyl adjacent to an activating group) is 1. The molecule has 20 heavy (non-hydrogen) atoms. The van der Waals surface area contributed by atoms with E-state index in [0.717, 1.165) is 30.2 Å². The van der Waals surface area contributed by atoms with Gasteiger partial charge in [0.1, 0.15) is 0 Å². The number of rotatable bonds is 4. The van der Waals surface area contributed by atoms with Crippen LogP contribution in [0.1, 0.15) is 11.1 Å². The predicted octanol–water partition coefficient (Wildman–Crippen LogP) is 1.24. The molecule has 1 aromatic rings. The van der Waals surface area contributed by atoms with Crippen molar-refractivity contribution in [2.24, 2.45) is 4.99 Å². The molecule has 0 amide bonds. The minimum Gasteiger partial charge on any atom is -0.352 e. The lowest BCUT2D eigenvalue weighted by molar-refractivity contribution is 0.534. The molecule has 1 aliphatic heterocycles. The number of sulfone groups is 1. The number of hydrogen-bond donors (Lipinski definition) is 1. The third-order valence-electron chi connectivity index (χ3n) is 2.96. The van der Waals surface area contributed by atoms with Gasteiger partial charge in [-0.3, -0.25) is 4.99 Å². The summed E-state index contributed by atoms with van der Waals surface area (Å²) in [5.74, 6) is 1.01. The van der Waals surface area contributed by atoms with Gasteiger partial charge in [0.2, 0.25) is 0 Å². The average molecular weight is 409 g/mol. The summed E-state index contributed by atoms with van der Waals surface area (Å²) in [6.45, 7) is 2.49. The first-order valence-corrected chi connectivity index (χ1v) is 8.25. The lowest BCUT2D eigenvalue weighted by Crippen LogP contribution is -2.35. The van der Waals surface area contributed by atoms with Gasteiger partial charge in [-0.1, -0.05) is 24.3 Å². The number of aliphatic imine (C=N–C) groups is 1. The zero-order chi connectivity index (χ0) is 13.9. The van der Waals surface area contributed by atoms with E-state index >= 15 is 0 Å². The Kier molecular flexibility index (Phi) is 6.25. The molecule has 7 heteroatoms. The van der Waals surface area contributed by atoms with Crippen LogP contribution >= 0.6 is 24.0 Å². The molecule has 0 aliphatic carbocycles. The highest BCUT2D eigenvalue weighted by Gasteiger charge is 2.11. The van der Waals surface area contributed by atoms with E-state index in [0.29, 0.717) is 6.54 Å². The molecule has 0 aromatic heterocycles. The van der Waals surface area contributed by atoms with Crippen molar-refractivity contribution < 1.29 is 8.42 Å². The Morgan fingerprint density at radius 2 is 1.85 bits per heavy atom. The summed E-state index contributed by atoms with van der Waals surface area (Å²) >= 11 is 0. The molecule has 1 N–H and O–H groups in total. The van der Waals surface area contributed by atoms with Gasteiger partial charge in [0.25, 0.3) is 0 Å². The third kappa shape index (κ3) is 5.28. The first-order valence-electron chi connectivity index (χ1n) is 6.19. The highest BCUT2D eigenvalue weighted by molar-refractivity contribution is 14.0. The molecule has 1 aliphatic rings. The van der Waals surface area contributed by atoms with Crippen molar-refractivity contribution in [3.05, 3.63) is 35.4 Å². The molecule has 112 valence electrons. The number of nitrogens with one attached hydrogen (secondary N) is 1. The first kappa shape index (κ1) is 17.2. The van der Waals surface area contributed by atoms with E-state index in [9.17, 15) is 8.42 Å². The van der Waals surface area contributed by atoms with E-state index in [-0.39, 0.29) is 29.7 Å². The maximum atomic E-state index is 11.2. The number of nitrogens with zero attached hydrogens (tertiary/aromatic N) is 2. The van der Waals surface area contributed by atoms with Gasteiger partial charge in [0, 0.05) is 26.4 Å². The van der Waals surface area contributed by atoms with Crippen LogP contribution in [0.15, 0.2) is 29.3 Å². The molecular weight excluding hydrogens is 389 g/mol. The normalized spacial score (nSPS) is 14.7. The van der Waals surface area contributed by atoms with Crippen LogP contribution in [0.3, 0.4) is 0 Å². The lowest BCUT2D eigenvalue weighted by Gasteiger charge is -2.15. The van der Waals surface area contributed by atoms with E-state index < -0.39 is 9.84 Å². The van der Waals surface area contributed by atoms with Crippen LogP contribution in [0.5, 0.6) is 0 Å². The van der Waals surface area contributed by atoms with Gasteiger partial charge in [0.05, 0.1) is 12.3 Å². The van der Waals surface area contributed by atoms with Gasteiger partial charge in [-0.2, -0.15) is 0 Å². The van der Waals surface area contributed by atoms with Gasteiger partial charge in [-0.15, -0.1) is 24.0 Å². The maximum absolute atomic E-state index is 11.2. The molecule has 0 atom stereocenters. The largest absolute Gasteiger partial charge is 0.352 e. The summed E-state index contributed by atoms with van der Waals surface area (Å²) in [7, 11) is -0.956. The minimum atomic E-state index is -2.96. The SMILES string of the molecule is CN1CCN=C1NCc1ccc(CS(C)(=O)=O)cc1.I. The molecule has 5 nitrogen and oxygen atoms in total. The third-order valence-corrected chi connectivity index (χ3v) is 3.82. The standard InChI is InChI=1S/C13H19N3O2S.HI/c1-16-8-7-14-13(16)15-9-11-3-5-12(6-4-11)10-19(2,17)18;/h3-6H,7-10H2,1-2H3,(H,14,15);1H. The van der Waals surface area contributed by atoms with Crippen LogP contribution in [0, 0.1) is 0 Å². The van der Waals surface area contributed by atoms with Gasteiger partial charge in [-0.05, 0) is 11.1 Å². The lowest BCUT2D eigenvalue weighted by atomic mass is 10.1. The Hall–Kier alpha value is -0.830. The number of benzene rings is 1. The second-order valence-electron chi connectivity index (χ2n) is 4.87. The van der Waals surface area contributed by atoms with Crippen LogP contribution in [0.25, 0.3) is 0 Å². The fraction of sp³-hybridized carbons (Fsp3) is 0.462. The predicted molar refractivity (Wildman–Crippen MR) is 92.2 cm³/mol. The van der Waals surface area contributed by atoms with Gasteiger partial charge >= 0.3 is 0 Å². The highest BCUT2D eigenvalue weighted by atomic mass is 127. The van der Waals surface area contributed by atoms with Crippen molar-refractivity contribution >= 4 is 39.8 Å². The molecule has 0 bridgehead atoms. The Morgan fingerprint density at radius 3 is 2.35 bits per heavy atom. The molecule has 0 saturated heterocycles. The van der Waals surface area contributed by atoms with Crippen LogP contribution in [-0.2, 0) is 22.1 Å². The Labute approximate surface area is 137 Å². The molecule has 1 heterocycles. The van der Waals surface area contributed by atoms with Gasteiger partial charge in [0.15, 0.2) is 15.8 Å². The average Bonchev–Trinajstić information content (AvgIpc) is 2.72. The van der Waals surface area contributed by atoms with Crippen molar-refractivity contribution in [3.63, 3.8) is 0 Å². The molecule has 0 spiro atoms. The maximum Gasteiger partial charge on any atom is 0.194 e. The number of hydrogen-bond acceptors (Lipinski definition) is 5. The second kappa shape index (κ2) is 7.26. The Balaban J connectivity index is 0.00000200. The van der Waals surface area contributed by atoms with Crippen molar-refractivity contribution in [2.45, 2.75) is 12.3 Å². The molecule has 2 rings (SSSR count). The highest BCUT2D eigenvalue weighted by Crippen LogP contribution is 2.08. The molecule has 0 saturated carbocycles. The molecular formula is C13H20IN3O2S. The summed E-state index contributed by atoms with van der Waals surface area (Å²) in [5, 5.41) is 3.27. The summed E-state index contributed by atoms with van der Waals surface area (Å²) in [6, 6.07) is 7.61. The van der Waals surface area contributed by atoms with Crippen molar-refractivity contribution in [2.75, 3.05) is 26.4 Å². The summed E-state index contributed by atoms with van der Waals surface area (Å²) in [4.78, 5) is 6.43. The van der Waals surface area contributed by atoms with Crippen LogP contribution in [0.4, 0.5) is 0 Å².